The zero-order valence-electron chi connectivity index (χ0n) is 7.88. The van der Waals surface area contributed by atoms with Gasteiger partial charge in [-0.3, -0.25) is 4.99 Å². The van der Waals surface area contributed by atoms with E-state index in [0.29, 0.717) is 18.0 Å². The lowest BCUT2D eigenvalue weighted by molar-refractivity contribution is 0.0697. The summed E-state index contributed by atoms with van der Waals surface area (Å²) in [4.78, 5) is 15.0. The van der Waals surface area contributed by atoms with Crippen LogP contribution in [0.25, 0.3) is 0 Å². The zero-order valence-corrected chi connectivity index (χ0v) is 7.88. The van der Waals surface area contributed by atoms with Gasteiger partial charge in [0.25, 0.3) is 0 Å². The molecule has 1 aromatic rings. The number of benzene rings is 1. The van der Waals surface area contributed by atoms with Crippen LogP contribution >= 0.6 is 0 Å². The van der Waals surface area contributed by atoms with Crippen LogP contribution in [0.2, 0.25) is 0 Å². The average molecular weight is 203 g/mol. The molecule has 0 atom stereocenters. The number of ether oxygens (including phenoxy) is 1. The van der Waals surface area contributed by atoms with Gasteiger partial charge in [-0.1, -0.05) is 6.07 Å². The first-order valence-corrected chi connectivity index (χ1v) is 4.47. The van der Waals surface area contributed by atoms with Gasteiger partial charge in [-0.2, -0.15) is 0 Å². The number of hydrogen-bond acceptors (Lipinski definition) is 3. The van der Waals surface area contributed by atoms with Gasteiger partial charge < -0.3 is 9.84 Å². The van der Waals surface area contributed by atoms with Gasteiger partial charge in [0.15, 0.2) is 0 Å². The maximum atomic E-state index is 10.9. The molecule has 0 aromatic heterocycles. The van der Waals surface area contributed by atoms with Crippen molar-refractivity contribution in [2.75, 3.05) is 6.61 Å². The Morgan fingerprint density at radius 1 is 1.47 bits per heavy atom. The summed E-state index contributed by atoms with van der Waals surface area (Å²) in [5.41, 5.74) is 0.522. The zero-order chi connectivity index (χ0) is 10.7. The van der Waals surface area contributed by atoms with Crippen LogP contribution < -0.4 is 4.74 Å². The van der Waals surface area contributed by atoms with Gasteiger partial charge in [-0.25, -0.2) is 4.79 Å². The smallest absolute Gasteiger partial charge is 0.338 e. The minimum absolute atomic E-state index is 0.152. The first kappa shape index (κ1) is 9.45. The van der Waals surface area contributed by atoms with Gasteiger partial charge in [-0.15, -0.1) is 0 Å². The predicted octanol–water partition coefficient (Wildman–Crippen LogP) is 2.04. The third kappa shape index (κ3) is 1.88. The lowest BCUT2D eigenvalue weighted by Gasteiger charge is -2.10. The molecule has 1 heterocycles. The molecular weight excluding hydrogens is 194 g/mol. The molecule has 2 rings (SSSR count). The number of nitrogens with zero attached hydrogens (tertiary/aromatic N) is 1. The molecule has 0 saturated heterocycles. The highest BCUT2D eigenvalue weighted by Crippen LogP contribution is 2.31. The minimum Gasteiger partial charge on any atom is -0.487 e. The van der Waals surface area contributed by atoms with Gasteiger partial charge >= 0.3 is 5.97 Å². The fourth-order valence-corrected chi connectivity index (χ4v) is 1.32. The monoisotopic (exact) mass is 203 g/mol. The van der Waals surface area contributed by atoms with E-state index >= 15 is 0 Å². The van der Waals surface area contributed by atoms with Crippen LogP contribution in [0.5, 0.6) is 5.75 Å². The second kappa shape index (κ2) is 3.96. The quantitative estimate of drug-likeness (QED) is 0.759. The van der Waals surface area contributed by atoms with Crippen LogP contribution in [0, 0.1) is 0 Å². The minimum atomic E-state index is -1.00. The summed E-state index contributed by atoms with van der Waals surface area (Å²) in [5, 5.41) is 8.96. The molecule has 0 saturated carbocycles. The highest BCUT2D eigenvalue weighted by Gasteiger charge is 2.14. The van der Waals surface area contributed by atoms with E-state index in [0.717, 1.165) is 0 Å². The lowest BCUT2D eigenvalue weighted by Crippen LogP contribution is -2.01. The van der Waals surface area contributed by atoms with Gasteiger partial charge in [0, 0.05) is 6.21 Å². The molecule has 1 aliphatic heterocycles. The molecule has 4 nitrogen and oxygen atoms in total. The molecule has 76 valence electrons. The van der Waals surface area contributed by atoms with Gasteiger partial charge in [0.1, 0.15) is 18.0 Å². The third-order valence-corrected chi connectivity index (χ3v) is 1.99. The Balaban J connectivity index is 2.57. The van der Waals surface area contributed by atoms with Crippen molar-refractivity contribution in [2.24, 2.45) is 4.99 Å². The van der Waals surface area contributed by atoms with Crippen LogP contribution in [0.4, 0.5) is 5.69 Å². The predicted molar refractivity (Wildman–Crippen MR) is 56.2 cm³/mol. The molecular formula is C11H9NO3. The Labute approximate surface area is 86.5 Å². The second-order valence-electron chi connectivity index (χ2n) is 2.97. The number of aliphatic imine (C=N–C) groups is 1. The van der Waals surface area contributed by atoms with Crippen molar-refractivity contribution < 1.29 is 14.6 Å². The molecule has 15 heavy (non-hydrogen) atoms. The van der Waals surface area contributed by atoms with Crippen molar-refractivity contribution >= 4 is 17.9 Å². The van der Waals surface area contributed by atoms with E-state index in [2.05, 4.69) is 4.99 Å². The van der Waals surface area contributed by atoms with E-state index in [1.807, 2.05) is 0 Å². The number of allylic oxidation sites excluding steroid dienone is 1. The molecule has 0 fully saturated rings. The highest BCUT2D eigenvalue weighted by atomic mass is 16.5. The Morgan fingerprint density at radius 3 is 3.13 bits per heavy atom. The maximum absolute atomic E-state index is 10.9. The Hall–Kier alpha value is -2.10. The largest absolute Gasteiger partial charge is 0.487 e. The molecule has 0 aliphatic carbocycles. The van der Waals surface area contributed by atoms with Crippen LogP contribution in [-0.2, 0) is 0 Å². The molecule has 0 amide bonds. The topological polar surface area (TPSA) is 58.9 Å². The van der Waals surface area contributed by atoms with Gasteiger partial charge in [0.2, 0.25) is 0 Å². The normalized spacial score (nSPS) is 15.7. The van der Waals surface area contributed by atoms with Crippen LogP contribution in [0.15, 0.2) is 35.3 Å². The summed E-state index contributed by atoms with van der Waals surface area (Å²) in [6.45, 7) is 0.419. The second-order valence-corrected chi connectivity index (χ2v) is 2.97. The number of para-hydroxylation sites is 1. The molecule has 4 heteroatoms. The Morgan fingerprint density at radius 2 is 2.33 bits per heavy atom. The fourth-order valence-electron chi connectivity index (χ4n) is 1.32. The van der Waals surface area contributed by atoms with E-state index in [1.165, 1.54) is 6.07 Å². The van der Waals surface area contributed by atoms with E-state index in [9.17, 15) is 4.79 Å². The first-order valence-electron chi connectivity index (χ1n) is 4.47. The molecule has 1 aromatic carbocycles. The van der Waals surface area contributed by atoms with Crippen molar-refractivity contribution in [3.8, 4) is 5.75 Å². The number of aromatic carboxylic acids is 1. The van der Waals surface area contributed by atoms with E-state index in [1.54, 1.807) is 30.5 Å². The molecule has 1 aliphatic rings. The van der Waals surface area contributed by atoms with Gasteiger partial charge in [-0.05, 0) is 24.3 Å². The van der Waals surface area contributed by atoms with Crippen molar-refractivity contribution in [3.05, 3.63) is 35.9 Å². The van der Waals surface area contributed by atoms with Crippen molar-refractivity contribution in [1.82, 2.24) is 0 Å². The van der Waals surface area contributed by atoms with Crippen molar-refractivity contribution in [3.63, 3.8) is 0 Å². The van der Waals surface area contributed by atoms with E-state index < -0.39 is 5.97 Å². The number of carboxylic acids is 1. The van der Waals surface area contributed by atoms with Crippen molar-refractivity contribution in [1.29, 1.82) is 0 Å². The number of fused-ring (bicyclic) bond motifs is 1. The van der Waals surface area contributed by atoms with E-state index in [4.69, 9.17) is 9.84 Å². The number of carboxylic acid groups (broad SMARTS) is 1. The number of carbonyl (C=O) groups is 1. The van der Waals surface area contributed by atoms with Crippen LogP contribution in [0.3, 0.4) is 0 Å². The summed E-state index contributed by atoms with van der Waals surface area (Å²) in [6.07, 6.45) is 5.09. The van der Waals surface area contributed by atoms with E-state index in [-0.39, 0.29) is 5.56 Å². The number of hydrogen-bond donors (Lipinski definition) is 1. The van der Waals surface area contributed by atoms with Gasteiger partial charge in [0.05, 0.1) is 5.56 Å². The SMILES string of the molecule is O=C(O)c1cccc2c1N=C/C=C\CO2. The highest BCUT2D eigenvalue weighted by molar-refractivity contribution is 5.96. The average Bonchev–Trinajstić information content (AvgIpc) is 2.17. The summed E-state index contributed by atoms with van der Waals surface area (Å²) >= 11 is 0. The lowest BCUT2D eigenvalue weighted by atomic mass is 10.1. The summed E-state index contributed by atoms with van der Waals surface area (Å²) < 4.78 is 5.36. The molecule has 0 radical (unpaired) electrons. The molecule has 0 unspecified atom stereocenters. The summed E-state index contributed by atoms with van der Waals surface area (Å²) in [6, 6.07) is 4.86. The molecule has 0 bridgehead atoms. The molecule has 1 N–H and O–H groups in total. The van der Waals surface area contributed by atoms with Crippen LogP contribution in [-0.4, -0.2) is 23.9 Å². The standard InChI is InChI=1S/C11H9NO3/c13-11(14)8-4-3-5-9-10(8)12-6-1-2-7-15-9/h1-6H,7H2,(H,13,14)/b2-1-,12-6?. The fraction of sp³-hybridized carbons (Fsp3) is 0.0909. The number of rotatable bonds is 1. The third-order valence-electron chi connectivity index (χ3n) is 1.99. The summed E-state index contributed by atoms with van der Waals surface area (Å²) in [7, 11) is 0. The van der Waals surface area contributed by atoms with Crippen molar-refractivity contribution in [2.45, 2.75) is 0 Å². The summed E-state index contributed by atoms with van der Waals surface area (Å²) in [5.74, 6) is -0.507. The Kier molecular flexibility index (Phi) is 2.49. The Bertz CT molecular complexity index is 449. The van der Waals surface area contributed by atoms with Crippen LogP contribution in [0.1, 0.15) is 10.4 Å². The molecule has 0 spiro atoms. The first-order chi connectivity index (χ1) is 7.29. The maximum Gasteiger partial charge on any atom is 0.338 e.